The number of hydrogen-bond donors (Lipinski definition) is 0. The maximum atomic E-state index is 13.5. The highest BCUT2D eigenvalue weighted by Gasteiger charge is 2.38. The summed E-state index contributed by atoms with van der Waals surface area (Å²) in [6.07, 6.45) is 3.13. The fourth-order valence-electron chi connectivity index (χ4n) is 4.45. The molecule has 0 spiro atoms. The van der Waals surface area contributed by atoms with Gasteiger partial charge in [-0.2, -0.15) is 0 Å². The standard InChI is InChI=1S/C26H27N3O2/c1-4-21-17-20(14-15-27-21)26(31)28-18(2)16-25(23-12-8-9-13-24(23)28)29(19(3)30)22-10-6-5-7-11-22/h5-15,17-18,25H,4,16H2,1-3H3/t18-,25+/m0/s1. The summed E-state index contributed by atoms with van der Waals surface area (Å²) in [6.45, 7) is 5.67. The van der Waals surface area contributed by atoms with E-state index in [1.54, 1.807) is 19.2 Å². The van der Waals surface area contributed by atoms with Gasteiger partial charge in [0.15, 0.2) is 0 Å². The van der Waals surface area contributed by atoms with Gasteiger partial charge >= 0.3 is 0 Å². The van der Waals surface area contributed by atoms with Gasteiger partial charge < -0.3 is 9.80 Å². The third-order valence-corrected chi connectivity index (χ3v) is 5.89. The van der Waals surface area contributed by atoms with Crippen LogP contribution in [0.2, 0.25) is 0 Å². The van der Waals surface area contributed by atoms with Crippen LogP contribution in [0.1, 0.15) is 54.8 Å². The van der Waals surface area contributed by atoms with Gasteiger partial charge in [-0.05, 0) is 55.7 Å². The zero-order valence-corrected chi connectivity index (χ0v) is 18.2. The van der Waals surface area contributed by atoms with Gasteiger partial charge in [0.05, 0.1) is 6.04 Å². The molecule has 5 heteroatoms. The van der Waals surface area contributed by atoms with Gasteiger partial charge in [-0.1, -0.05) is 43.3 Å². The molecule has 0 saturated heterocycles. The Morgan fingerprint density at radius 2 is 1.77 bits per heavy atom. The molecule has 1 aliphatic heterocycles. The largest absolute Gasteiger partial charge is 0.305 e. The van der Waals surface area contributed by atoms with Crippen LogP contribution in [-0.2, 0) is 11.2 Å². The van der Waals surface area contributed by atoms with Crippen molar-refractivity contribution in [3.63, 3.8) is 0 Å². The predicted octanol–water partition coefficient (Wildman–Crippen LogP) is 5.18. The number of para-hydroxylation sites is 2. The zero-order chi connectivity index (χ0) is 22.0. The monoisotopic (exact) mass is 413 g/mol. The lowest BCUT2D eigenvalue weighted by molar-refractivity contribution is -0.117. The van der Waals surface area contributed by atoms with Gasteiger partial charge in [-0.25, -0.2) is 0 Å². The van der Waals surface area contributed by atoms with Crippen LogP contribution in [0.3, 0.4) is 0 Å². The number of aromatic nitrogens is 1. The quantitative estimate of drug-likeness (QED) is 0.592. The molecule has 5 nitrogen and oxygen atoms in total. The summed E-state index contributed by atoms with van der Waals surface area (Å²) < 4.78 is 0. The minimum absolute atomic E-state index is 0.0142. The Balaban J connectivity index is 1.77. The van der Waals surface area contributed by atoms with E-state index in [9.17, 15) is 9.59 Å². The van der Waals surface area contributed by atoms with Crippen molar-refractivity contribution >= 4 is 23.2 Å². The topological polar surface area (TPSA) is 53.5 Å². The lowest BCUT2D eigenvalue weighted by Gasteiger charge is -2.43. The zero-order valence-electron chi connectivity index (χ0n) is 18.2. The SMILES string of the molecule is CCc1cc(C(=O)N2c3ccccc3[C@H](N(C(C)=O)c3ccccc3)C[C@@H]2C)ccn1. The van der Waals surface area contributed by atoms with Gasteiger partial charge in [-0.15, -0.1) is 0 Å². The third-order valence-electron chi connectivity index (χ3n) is 5.89. The summed E-state index contributed by atoms with van der Waals surface area (Å²) >= 11 is 0. The number of pyridine rings is 1. The number of carbonyl (C=O) groups is 2. The molecular weight excluding hydrogens is 386 g/mol. The first-order valence-corrected chi connectivity index (χ1v) is 10.7. The molecule has 0 fully saturated rings. The van der Waals surface area contributed by atoms with E-state index in [1.165, 1.54) is 0 Å². The molecule has 4 rings (SSSR count). The number of rotatable bonds is 4. The molecule has 0 unspecified atom stereocenters. The number of fused-ring (bicyclic) bond motifs is 1. The van der Waals surface area contributed by atoms with E-state index in [-0.39, 0.29) is 23.9 Å². The molecule has 0 N–H and O–H groups in total. The van der Waals surface area contributed by atoms with E-state index in [0.29, 0.717) is 12.0 Å². The minimum Gasteiger partial charge on any atom is -0.305 e. The molecule has 1 aromatic heterocycles. The fourth-order valence-corrected chi connectivity index (χ4v) is 4.45. The number of aryl methyl sites for hydroxylation is 1. The molecule has 0 saturated carbocycles. The number of anilines is 2. The van der Waals surface area contributed by atoms with Crippen LogP contribution in [0, 0.1) is 0 Å². The van der Waals surface area contributed by atoms with Crippen molar-refractivity contribution in [1.29, 1.82) is 0 Å². The summed E-state index contributed by atoms with van der Waals surface area (Å²) in [4.78, 5) is 34.3. The van der Waals surface area contributed by atoms with Crippen LogP contribution in [-0.4, -0.2) is 22.8 Å². The lowest BCUT2D eigenvalue weighted by atomic mass is 9.89. The molecule has 2 heterocycles. The molecule has 2 atom stereocenters. The normalized spacial score (nSPS) is 17.7. The van der Waals surface area contributed by atoms with Crippen LogP contribution in [0.5, 0.6) is 0 Å². The summed E-state index contributed by atoms with van der Waals surface area (Å²) in [5, 5.41) is 0. The van der Waals surface area contributed by atoms with Gasteiger partial charge in [0.2, 0.25) is 5.91 Å². The first-order valence-electron chi connectivity index (χ1n) is 10.7. The summed E-state index contributed by atoms with van der Waals surface area (Å²) in [5.74, 6) is -0.0516. The molecule has 2 amide bonds. The average Bonchev–Trinajstić information content (AvgIpc) is 2.79. The molecule has 31 heavy (non-hydrogen) atoms. The smallest absolute Gasteiger partial charge is 0.258 e. The van der Waals surface area contributed by atoms with Gasteiger partial charge in [0, 0.05) is 41.8 Å². The van der Waals surface area contributed by atoms with Crippen LogP contribution in [0.4, 0.5) is 11.4 Å². The summed E-state index contributed by atoms with van der Waals surface area (Å²) in [6, 6.07) is 21.1. The lowest BCUT2D eigenvalue weighted by Crippen LogP contribution is -2.47. The predicted molar refractivity (Wildman–Crippen MR) is 123 cm³/mol. The molecule has 0 radical (unpaired) electrons. The number of benzene rings is 2. The van der Waals surface area contributed by atoms with Crippen molar-refractivity contribution < 1.29 is 9.59 Å². The van der Waals surface area contributed by atoms with E-state index in [2.05, 4.69) is 4.98 Å². The highest BCUT2D eigenvalue weighted by Crippen LogP contribution is 2.42. The Morgan fingerprint density at radius 3 is 2.48 bits per heavy atom. The third kappa shape index (κ3) is 3.96. The minimum atomic E-state index is -0.140. The number of carbonyl (C=O) groups excluding carboxylic acids is 2. The summed E-state index contributed by atoms with van der Waals surface area (Å²) in [7, 11) is 0. The Bertz CT molecular complexity index is 1100. The number of amides is 2. The molecule has 1 aliphatic rings. The Labute approximate surface area is 183 Å². The van der Waals surface area contributed by atoms with E-state index < -0.39 is 0 Å². The second-order valence-corrected chi connectivity index (χ2v) is 7.95. The van der Waals surface area contributed by atoms with Crippen molar-refractivity contribution in [2.45, 2.75) is 45.7 Å². The average molecular weight is 414 g/mol. The van der Waals surface area contributed by atoms with Crippen molar-refractivity contribution in [2.24, 2.45) is 0 Å². The second kappa shape index (κ2) is 8.72. The maximum absolute atomic E-state index is 13.5. The van der Waals surface area contributed by atoms with E-state index in [0.717, 1.165) is 29.1 Å². The fraction of sp³-hybridized carbons (Fsp3) is 0.269. The van der Waals surface area contributed by atoms with Crippen LogP contribution in [0.25, 0.3) is 0 Å². The first-order chi connectivity index (χ1) is 15.0. The van der Waals surface area contributed by atoms with E-state index in [4.69, 9.17) is 0 Å². The van der Waals surface area contributed by atoms with E-state index >= 15 is 0 Å². The highest BCUT2D eigenvalue weighted by molar-refractivity contribution is 6.07. The Hall–Kier alpha value is -3.47. The Kier molecular flexibility index (Phi) is 5.85. The number of nitrogens with zero attached hydrogens (tertiary/aromatic N) is 3. The molecular formula is C26H27N3O2. The van der Waals surface area contributed by atoms with Gasteiger partial charge in [0.25, 0.3) is 5.91 Å². The van der Waals surface area contributed by atoms with Gasteiger partial charge in [-0.3, -0.25) is 14.6 Å². The molecule has 3 aromatic rings. The molecule has 2 aromatic carbocycles. The van der Waals surface area contributed by atoms with Crippen LogP contribution < -0.4 is 9.80 Å². The van der Waals surface area contributed by atoms with E-state index in [1.807, 2.05) is 84.3 Å². The highest BCUT2D eigenvalue weighted by atomic mass is 16.2. The van der Waals surface area contributed by atoms with Crippen molar-refractivity contribution in [1.82, 2.24) is 4.98 Å². The molecule has 0 aliphatic carbocycles. The van der Waals surface area contributed by atoms with Crippen molar-refractivity contribution in [3.8, 4) is 0 Å². The van der Waals surface area contributed by atoms with Crippen molar-refractivity contribution in [2.75, 3.05) is 9.80 Å². The van der Waals surface area contributed by atoms with Crippen LogP contribution in [0.15, 0.2) is 72.9 Å². The maximum Gasteiger partial charge on any atom is 0.258 e. The Morgan fingerprint density at radius 1 is 1.06 bits per heavy atom. The molecule has 158 valence electrons. The van der Waals surface area contributed by atoms with Gasteiger partial charge in [0.1, 0.15) is 0 Å². The number of hydrogen-bond acceptors (Lipinski definition) is 3. The van der Waals surface area contributed by atoms with Crippen molar-refractivity contribution in [3.05, 3.63) is 89.7 Å². The second-order valence-electron chi connectivity index (χ2n) is 7.95. The molecule has 0 bridgehead atoms. The summed E-state index contributed by atoms with van der Waals surface area (Å²) in [5.41, 5.74) is 4.24. The van der Waals surface area contributed by atoms with Crippen LogP contribution >= 0.6 is 0 Å². The first kappa shape index (κ1) is 20.8.